The highest BCUT2D eigenvalue weighted by Crippen LogP contribution is 2.15. The van der Waals surface area contributed by atoms with E-state index in [0.717, 1.165) is 11.3 Å². The van der Waals surface area contributed by atoms with Crippen LogP contribution in [0.25, 0.3) is 6.08 Å². The molecule has 2 nitrogen and oxygen atoms in total. The number of aryl methyl sites for hydroxylation is 1. The molecule has 1 heterocycles. The highest BCUT2D eigenvalue weighted by atomic mass is 35.5. The van der Waals surface area contributed by atoms with E-state index in [-0.39, 0.29) is 0 Å². The molecular formula is C10H9ClN2. The van der Waals surface area contributed by atoms with Crippen LogP contribution in [0.3, 0.4) is 0 Å². The lowest BCUT2D eigenvalue weighted by atomic mass is 10.2. The van der Waals surface area contributed by atoms with Gasteiger partial charge in [-0.05, 0) is 13.0 Å². The van der Waals surface area contributed by atoms with Gasteiger partial charge in [-0.1, -0.05) is 29.8 Å². The first kappa shape index (κ1) is 9.76. The molecule has 0 aliphatic heterocycles. The van der Waals surface area contributed by atoms with E-state index in [0.29, 0.717) is 11.6 Å². The summed E-state index contributed by atoms with van der Waals surface area (Å²) in [6, 6.07) is 5.79. The number of nitriles is 1. The van der Waals surface area contributed by atoms with Gasteiger partial charge in [0.15, 0.2) is 0 Å². The quantitative estimate of drug-likeness (QED) is 0.676. The zero-order chi connectivity index (χ0) is 9.68. The van der Waals surface area contributed by atoms with Crippen LogP contribution in [-0.2, 0) is 0 Å². The standard InChI is InChI=1S/C10H9ClN2/c1-8-5-6-9(10(11)13-8)4-2-3-7-12/h2,4-6H,3H2,1H3. The number of halogens is 1. The molecule has 13 heavy (non-hydrogen) atoms. The van der Waals surface area contributed by atoms with Crippen LogP contribution in [0.4, 0.5) is 0 Å². The Hall–Kier alpha value is -1.33. The van der Waals surface area contributed by atoms with Gasteiger partial charge in [-0.25, -0.2) is 4.98 Å². The van der Waals surface area contributed by atoms with E-state index in [1.165, 1.54) is 0 Å². The first-order valence-electron chi connectivity index (χ1n) is 3.90. The molecule has 0 amide bonds. The van der Waals surface area contributed by atoms with Gasteiger partial charge in [0.05, 0.1) is 12.5 Å². The van der Waals surface area contributed by atoms with E-state index >= 15 is 0 Å². The molecule has 1 aromatic heterocycles. The van der Waals surface area contributed by atoms with Crippen LogP contribution < -0.4 is 0 Å². The van der Waals surface area contributed by atoms with Gasteiger partial charge in [-0.3, -0.25) is 0 Å². The Morgan fingerprint density at radius 2 is 2.38 bits per heavy atom. The van der Waals surface area contributed by atoms with Crippen molar-refractivity contribution in [3.8, 4) is 6.07 Å². The summed E-state index contributed by atoms with van der Waals surface area (Å²) < 4.78 is 0. The van der Waals surface area contributed by atoms with Crippen LogP contribution in [0.15, 0.2) is 18.2 Å². The molecule has 0 radical (unpaired) electrons. The number of rotatable bonds is 2. The first-order valence-corrected chi connectivity index (χ1v) is 4.28. The second-order valence-corrected chi connectivity index (χ2v) is 2.96. The molecule has 0 aromatic carbocycles. The molecule has 1 aromatic rings. The molecule has 0 spiro atoms. The van der Waals surface area contributed by atoms with Gasteiger partial charge < -0.3 is 0 Å². The highest BCUT2D eigenvalue weighted by Gasteiger charge is 1.96. The van der Waals surface area contributed by atoms with Crippen molar-refractivity contribution in [2.24, 2.45) is 0 Å². The normalized spacial score (nSPS) is 10.2. The van der Waals surface area contributed by atoms with Crippen molar-refractivity contribution in [2.45, 2.75) is 13.3 Å². The predicted octanol–water partition coefficient (Wildman–Crippen LogP) is 2.97. The lowest BCUT2D eigenvalue weighted by Crippen LogP contribution is -1.84. The minimum absolute atomic E-state index is 0.393. The second kappa shape index (κ2) is 4.64. The predicted molar refractivity (Wildman–Crippen MR) is 53.2 cm³/mol. The minimum atomic E-state index is 0.393. The SMILES string of the molecule is Cc1ccc(C=CCC#N)c(Cl)n1. The van der Waals surface area contributed by atoms with Crippen LogP contribution in [0.2, 0.25) is 5.15 Å². The molecule has 0 bridgehead atoms. The third kappa shape index (κ3) is 2.89. The zero-order valence-corrected chi connectivity index (χ0v) is 8.04. The Bertz CT molecular complexity index is 364. The fraction of sp³-hybridized carbons (Fsp3) is 0.200. The maximum absolute atomic E-state index is 8.31. The molecule has 0 saturated carbocycles. The van der Waals surface area contributed by atoms with E-state index in [1.54, 1.807) is 12.2 Å². The van der Waals surface area contributed by atoms with Gasteiger partial charge >= 0.3 is 0 Å². The lowest BCUT2D eigenvalue weighted by molar-refractivity contribution is 1.19. The molecule has 0 N–H and O–H groups in total. The molecule has 66 valence electrons. The minimum Gasteiger partial charge on any atom is -0.241 e. The van der Waals surface area contributed by atoms with Gasteiger partial charge in [0.2, 0.25) is 0 Å². The van der Waals surface area contributed by atoms with Crippen LogP contribution in [0.1, 0.15) is 17.7 Å². The fourth-order valence-corrected chi connectivity index (χ4v) is 1.16. The molecule has 0 unspecified atom stereocenters. The smallest absolute Gasteiger partial charge is 0.136 e. The largest absolute Gasteiger partial charge is 0.241 e. The topological polar surface area (TPSA) is 36.7 Å². The Morgan fingerprint density at radius 1 is 1.62 bits per heavy atom. The van der Waals surface area contributed by atoms with Crippen molar-refractivity contribution in [2.75, 3.05) is 0 Å². The Kier molecular flexibility index (Phi) is 3.48. The monoisotopic (exact) mass is 192 g/mol. The van der Waals surface area contributed by atoms with Crippen molar-refractivity contribution in [1.29, 1.82) is 5.26 Å². The van der Waals surface area contributed by atoms with Gasteiger partial charge in [0.25, 0.3) is 0 Å². The maximum Gasteiger partial charge on any atom is 0.136 e. The number of aromatic nitrogens is 1. The molecule has 0 atom stereocenters. The number of pyridine rings is 1. The summed E-state index contributed by atoms with van der Waals surface area (Å²) in [5.41, 5.74) is 1.74. The first-order chi connectivity index (χ1) is 6.24. The van der Waals surface area contributed by atoms with Crippen LogP contribution >= 0.6 is 11.6 Å². The molecule has 3 heteroatoms. The van der Waals surface area contributed by atoms with Gasteiger partial charge in [-0.15, -0.1) is 0 Å². The van der Waals surface area contributed by atoms with E-state index in [2.05, 4.69) is 4.98 Å². The van der Waals surface area contributed by atoms with Crippen molar-refractivity contribution >= 4 is 17.7 Å². The van der Waals surface area contributed by atoms with E-state index in [4.69, 9.17) is 16.9 Å². The summed E-state index contributed by atoms with van der Waals surface area (Å²) in [7, 11) is 0. The average molecular weight is 193 g/mol. The van der Waals surface area contributed by atoms with Crippen molar-refractivity contribution < 1.29 is 0 Å². The summed E-state index contributed by atoms with van der Waals surface area (Å²) in [5, 5.41) is 8.79. The van der Waals surface area contributed by atoms with Crippen LogP contribution in [-0.4, -0.2) is 4.98 Å². The van der Waals surface area contributed by atoms with Gasteiger partial charge in [0, 0.05) is 11.3 Å². The van der Waals surface area contributed by atoms with Crippen molar-refractivity contribution in [1.82, 2.24) is 4.98 Å². The summed E-state index contributed by atoms with van der Waals surface area (Å²) in [5.74, 6) is 0. The number of hydrogen-bond donors (Lipinski definition) is 0. The average Bonchev–Trinajstić information content (AvgIpc) is 2.09. The number of allylic oxidation sites excluding steroid dienone is 1. The molecule has 0 aliphatic rings. The Morgan fingerprint density at radius 3 is 3.00 bits per heavy atom. The third-order valence-corrected chi connectivity index (χ3v) is 1.83. The number of nitrogens with zero attached hydrogens (tertiary/aromatic N) is 2. The molecular weight excluding hydrogens is 184 g/mol. The summed E-state index contributed by atoms with van der Waals surface area (Å²) in [4.78, 5) is 4.08. The van der Waals surface area contributed by atoms with Gasteiger partial charge in [-0.2, -0.15) is 5.26 Å². The zero-order valence-electron chi connectivity index (χ0n) is 7.29. The molecule has 0 fully saturated rings. The number of hydrogen-bond acceptors (Lipinski definition) is 2. The maximum atomic E-state index is 8.31. The summed E-state index contributed by atoms with van der Waals surface area (Å²) in [6.07, 6.45) is 3.96. The second-order valence-electron chi connectivity index (χ2n) is 2.60. The molecule has 0 saturated heterocycles. The van der Waals surface area contributed by atoms with Crippen molar-refractivity contribution in [3.63, 3.8) is 0 Å². The van der Waals surface area contributed by atoms with E-state index in [1.807, 2.05) is 25.1 Å². The Balaban J connectivity index is 2.85. The lowest BCUT2D eigenvalue weighted by Gasteiger charge is -1.97. The third-order valence-electron chi connectivity index (χ3n) is 1.52. The van der Waals surface area contributed by atoms with E-state index < -0.39 is 0 Å². The summed E-state index contributed by atoms with van der Waals surface area (Å²) >= 11 is 5.86. The van der Waals surface area contributed by atoms with E-state index in [9.17, 15) is 0 Å². The summed E-state index contributed by atoms with van der Waals surface area (Å²) in [6.45, 7) is 1.88. The van der Waals surface area contributed by atoms with Crippen molar-refractivity contribution in [3.05, 3.63) is 34.6 Å². The van der Waals surface area contributed by atoms with Gasteiger partial charge in [0.1, 0.15) is 5.15 Å². The highest BCUT2D eigenvalue weighted by molar-refractivity contribution is 6.30. The Labute approximate surface area is 82.5 Å². The van der Waals surface area contributed by atoms with Crippen LogP contribution in [0.5, 0.6) is 0 Å². The molecule has 1 rings (SSSR count). The van der Waals surface area contributed by atoms with Crippen LogP contribution in [0, 0.1) is 18.3 Å². The molecule has 0 aliphatic carbocycles. The fourth-order valence-electron chi connectivity index (χ4n) is 0.899.